The minimum absolute atomic E-state index is 0.103. The number of aliphatic carboxylic acids is 1. The van der Waals surface area contributed by atoms with Crippen LogP contribution in [0.3, 0.4) is 0 Å². The van der Waals surface area contributed by atoms with E-state index in [0.29, 0.717) is 6.54 Å². The lowest BCUT2D eigenvalue weighted by molar-refractivity contribution is -0.137. The molecule has 106 valence electrons. The summed E-state index contributed by atoms with van der Waals surface area (Å²) in [6.07, 6.45) is 0.103. The molecular formula is C16H19NO2S. The van der Waals surface area contributed by atoms with Crippen molar-refractivity contribution in [2.24, 2.45) is 0 Å². The molecule has 1 atom stereocenters. The molecule has 0 spiro atoms. The number of rotatable bonds is 6. The van der Waals surface area contributed by atoms with Gasteiger partial charge in [0, 0.05) is 11.4 Å². The second-order valence-electron chi connectivity index (χ2n) is 4.98. The maximum Gasteiger partial charge on any atom is 0.305 e. The van der Waals surface area contributed by atoms with Gasteiger partial charge in [-0.15, -0.1) is 11.3 Å². The molecule has 0 fully saturated rings. The first-order chi connectivity index (χ1) is 9.56. The van der Waals surface area contributed by atoms with Crippen molar-refractivity contribution in [3.05, 3.63) is 57.3 Å². The minimum atomic E-state index is -0.781. The van der Waals surface area contributed by atoms with E-state index in [0.717, 1.165) is 4.88 Å². The zero-order valence-corrected chi connectivity index (χ0v) is 12.5. The molecule has 2 rings (SSSR count). The molecule has 3 nitrogen and oxygen atoms in total. The standard InChI is InChI=1S/C16H19NO2S/c1-11-5-6-12(2)13(8-11)10-17-14(9-16(18)19)15-4-3-7-20-15/h3-8,14,17H,9-10H2,1-2H3,(H,18,19). The van der Waals surface area contributed by atoms with Crippen LogP contribution >= 0.6 is 11.3 Å². The van der Waals surface area contributed by atoms with Crippen molar-refractivity contribution in [1.82, 2.24) is 5.32 Å². The fourth-order valence-corrected chi connectivity index (χ4v) is 2.96. The number of thiophene rings is 1. The van der Waals surface area contributed by atoms with Crippen LogP contribution in [0.1, 0.15) is 34.0 Å². The molecule has 0 saturated heterocycles. The molecule has 1 aromatic heterocycles. The van der Waals surface area contributed by atoms with Crippen molar-refractivity contribution in [3.8, 4) is 0 Å². The van der Waals surface area contributed by atoms with Gasteiger partial charge in [0.15, 0.2) is 0 Å². The number of benzene rings is 1. The van der Waals surface area contributed by atoms with Crippen LogP contribution in [0.15, 0.2) is 35.7 Å². The van der Waals surface area contributed by atoms with Gasteiger partial charge < -0.3 is 10.4 Å². The second-order valence-corrected chi connectivity index (χ2v) is 5.96. The second kappa shape index (κ2) is 6.68. The van der Waals surface area contributed by atoms with E-state index in [9.17, 15) is 4.79 Å². The van der Waals surface area contributed by atoms with Crippen LogP contribution in [-0.2, 0) is 11.3 Å². The Morgan fingerprint density at radius 1 is 1.35 bits per heavy atom. The van der Waals surface area contributed by atoms with Gasteiger partial charge in [0.2, 0.25) is 0 Å². The van der Waals surface area contributed by atoms with Crippen LogP contribution in [0.4, 0.5) is 0 Å². The lowest BCUT2D eigenvalue weighted by Gasteiger charge is -2.17. The maximum atomic E-state index is 11.0. The van der Waals surface area contributed by atoms with Gasteiger partial charge in [-0.3, -0.25) is 4.79 Å². The Kier molecular flexibility index (Phi) is 4.93. The summed E-state index contributed by atoms with van der Waals surface area (Å²) in [4.78, 5) is 12.1. The Morgan fingerprint density at radius 3 is 2.80 bits per heavy atom. The zero-order chi connectivity index (χ0) is 14.5. The summed E-state index contributed by atoms with van der Waals surface area (Å²) in [5.74, 6) is -0.781. The maximum absolute atomic E-state index is 11.0. The molecule has 0 bridgehead atoms. The van der Waals surface area contributed by atoms with Crippen molar-refractivity contribution >= 4 is 17.3 Å². The van der Waals surface area contributed by atoms with E-state index >= 15 is 0 Å². The average Bonchev–Trinajstić information content (AvgIpc) is 2.91. The molecule has 0 saturated carbocycles. The predicted molar refractivity (Wildman–Crippen MR) is 82.1 cm³/mol. The van der Waals surface area contributed by atoms with Gasteiger partial charge in [-0.2, -0.15) is 0 Å². The zero-order valence-electron chi connectivity index (χ0n) is 11.7. The van der Waals surface area contributed by atoms with Crippen molar-refractivity contribution in [2.45, 2.75) is 32.9 Å². The largest absolute Gasteiger partial charge is 0.481 e. The topological polar surface area (TPSA) is 49.3 Å². The summed E-state index contributed by atoms with van der Waals surface area (Å²) in [5, 5.41) is 14.4. The minimum Gasteiger partial charge on any atom is -0.481 e. The predicted octanol–water partition coefficient (Wildman–Crippen LogP) is 3.67. The SMILES string of the molecule is Cc1ccc(C)c(CNC(CC(=O)O)c2cccs2)c1. The van der Waals surface area contributed by atoms with E-state index < -0.39 is 5.97 Å². The number of nitrogens with one attached hydrogen (secondary N) is 1. The van der Waals surface area contributed by atoms with Crippen LogP contribution in [0.2, 0.25) is 0 Å². The van der Waals surface area contributed by atoms with E-state index in [2.05, 4.69) is 37.4 Å². The lowest BCUT2D eigenvalue weighted by Crippen LogP contribution is -2.23. The van der Waals surface area contributed by atoms with Crippen LogP contribution in [0, 0.1) is 13.8 Å². The summed E-state index contributed by atoms with van der Waals surface area (Å²) in [6.45, 7) is 4.83. The molecular weight excluding hydrogens is 270 g/mol. The number of hydrogen-bond acceptors (Lipinski definition) is 3. The molecule has 0 radical (unpaired) electrons. The third kappa shape index (κ3) is 3.92. The summed E-state index contributed by atoms with van der Waals surface area (Å²) >= 11 is 1.59. The van der Waals surface area contributed by atoms with Gasteiger partial charge in [-0.25, -0.2) is 0 Å². The van der Waals surface area contributed by atoms with Crippen molar-refractivity contribution in [1.29, 1.82) is 0 Å². The van der Waals surface area contributed by atoms with Gasteiger partial charge in [0.05, 0.1) is 12.5 Å². The Hall–Kier alpha value is -1.65. The van der Waals surface area contributed by atoms with E-state index in [4.69, 9.17) is 5.11 Å². The lowest BCUT2D eigenvalue weighted by atomic mass is 10.0. The number of carbonyl (C=O) groups is 1. The summed E-state index contributed by atoms with van der Waals surface area (Å²) in [6, 6.07) is 10.1. The quantitative estimate of drug-likeness (QED) is 0.853. The van der Waals surface area contributed by atoms with Gasteiger partial charge in [-0.1, -0.05) is 29.8 Å². The Morgan fingerprint density at radius 2 is 2.15 bits per heavy atom. The average molecular weight is 289 g/mol. The van der Waals surface area contributed by atoms with Crippen LogP contribution in [0.5, 0.6) is 0 Å². The summed E-state index contributed by atoms with van der Waals surface area (Å²) in [7, 11) is 0. The van der Waals surface area contributed by atoms with Crippen molar-refractivity contribution in [3.63, 3.8) is 0 Å². The first-order valence-corrected chi connectivity index (χ1v) is 7.49. The molecule has 0 amide bonds. The monoisotopic (exact) mass is 289 g/mol. The van der Waals surface area contributed by atoms with E-state index in [1.165, 1.54) is 16.7 Å². The fourth-order valence-electron chi connectivity index (χ4n) is 2.16. The molecule has 0 aliphatic rings. The first-order valence-electron chi connectivity index (χ1n) is 6.61. The highest BCUT2D eigenvalue weighted by Gasteiger charge is 2.16. The number of carboxylic acids is 1. The smallest absolute Gasteiger partial charge is 0.305 e. The third-order valence-corrected chi connectivity index (χ3v) is 4.29. The molecule has 20 heavy (non-hydrogen) atoms. The Bertz CT molecular complexity index is 578. The van der Waals surface area contributed by atoms with E-state index in [1.54, 1.807) is 11.3 Å². The van der Waals surface area contributed by atoms with Crippen LogP contribution < -0.4 is 5.32 Å². The van der Waals surface area contributed by atoms with E-state index in [1.807, 2.05) is 17.5 Å². The molecule has 2 aromatic rings. The van der Waals surface area contributed by atoms with Gasteiger partial charge in [0.25, 0.3) is 0 Å². The normalized spacial score (nSPS) is 12.3. The molecule has 0 aliphatic carbocycles. The Labute approximate surface area is 123 Å². The number of hydrogen-bond donors (Lipinski definition) is 2. The van der Waals surface area contributed by atoms with E-state index in [-0.39, 0.29) is 12.5 Å². The third-order valence-electron chi connectivity index (χ3n) is 3.31. The number of carboxylic acid groups (broad SMARTS) is 1. The van der Waals surface area contributed by atoms with Crippen molar-refractivity contribution in [2.75, 3.05) is 0 Å². The van der Waals surface area contributed by atoms with Crippen molar-refractivity contribution < 1.29 is 9.90 Å². The highest BCUT2D eigenvalue weighted by molar-refractivity contribution is 7.10. The molecule has 1 aromatic carbocycles. The summed E-state index contributed by atoms with van der Waals surface area (Å²) < 4.78 is 0. The molecule has 2 N–H and O–H groups in total. The molecule has 1 heterocycles. The van der Waals surface area contributed by atoms with Crippen LogP contribution in [-0.4, -0.2) is 11.1 Å². The van der Waals surface area contributed by atoms with Gasteiger partial charge in [0.1, 0.15) is 0 Å². The summed E-state index contributed by atoms with van der Waals surface area (Å²) in [5.41, 5.74) is 3.67. The van der Waals surface area contributed by atoms with Gasteiger partial charge >= 0.3 is 5.97 Å². The number of aryl methyl sites for hydroxylation is 2. The highest BCUT2D eigenvalue weighted by Crippen LogP contribution is 2.23. The highest BCUT2D eigenvalue weighted by atomic mass is 32.1. The first kappa shape index (κ1) is 14.8. The molecule has 0 aliphatic heterocycles. The van der Waals surface area contributed by atoms with Crippen LogP contribution in [0.25, 0.3) is 0 Å². The molecule has 4 heteroatoms. The Balaban J connectivity index is 2.08. The van der Waals surface area contributed by atoms with Gasteiger partial charge in [-0.05, 0) is 36.4 Å². The fraction of sp³-hybridized carbons (Fsp3) is 0.312. The molecule has 1 unspecified atom stereocenters.